The first-order valence-electron chi connectivity index (χ1n) is 7.44. The first-order valence-corrected chi connectivity index (χ1v) is 7.44. The first kappa shape index (κ1) is 18.2. The Morgan fingerprint density at radius 2 is 1.81 bits per heavy atom. The SMILES string of the molecule is CN(C)C(CN=C(N)N1CCCCC1)c1ccccc1.I. The van der Waals surface area contributed by atoms with E-state index in [4.69, 9.17) is 5.73 Å². The van der Waals surface area contributed by atoms with Crippen molar-refractivity contribution in [1.29, 1.82) is 0 Å². The van der Waals surface area contributed by atoms with Crippen LogP contribution in [0.25, 0.3) is 0 Å². The van der Waals surface area contributed by atoms with Crippen molar-refractivity contribution in [2.24, 2.45) is 10.7 Å². The first-order chi connectivity index (χ1) is 9.68. The number of piperidine rings is 1. The summed E-state index contributed by atoms with van der Waals surface area (Å²) >= 11 is 0. The van der Waals surface area contributed by atoms with E-state index in [0.717, 1.165) is 13.1 Å². The highest BCUT2D eigenvalue weighted by Gasteiger charge is 2.15. The molecule has 0 saturated carbocycles. The maximum absolute atomic E-state index is 6.13. The second kappa shape index (κ2) is 9.25. The van der Waals surface area contributed by atoms with Gasteiger partial charge in [0.2, 0.25) is 0 Å². The quantitative estimate of drug-likeness (QED) is 0.479. The number of hydrogen-bond donors (Lipinski definition) is 1. The minimum atomic E-state index is 0. The molecule has 0 bridgehead atoms. The number of nitrogens with two attached hydrogens (primary N) is 1. The molecule has 1 aromatic carbocycles. The lowest BCUT2D eigenvalue weighted by atomic mass is 10.1. The van der Waals surface area contributed by atoms with Gasteiger partial charge in [0.05, 0.1) is 12.6 Å². The maximum atomic E-state index is 6.13. The Morgan fingerprint density at radius 1 is 1.19 bits per heavy atom. The monoisotopic (exact) mass is 402 g/mol. The van der Waals surface area contributed by atoms with Gasteiger partial charge < -0.3 is 15.5 Å². The van der Waals surface area contributed by atoms with Crippen molar-refractivity contribution in [3.8, 4) is 0 Å². The van der Waals surface area contributed by atoms with Crippen LogP contribution in [0, 0.1) is 0 Å². The number of likely N-dealkylation sites (tertiary alicyclic amines) is 1. The molecule has 0 amide bonds. The molecule has 0 radical (unpaired) electrons. The molecular formula is C16H27IN4. The van der Waals surface area contributed by atoms with Crippen LogP contribution in [-0.4, -0.2) is 49.5 Å². The number of guanidine groups is 1. The minimum Gasteiger partial charge on any atom is -0.370 e. The van der Waals surface area contributed by atoms with Gasteiger partial charge >= 0.3 is 0 Å². The van der Waals surface area contributed by atoms with Crippen molar-refractivity contribution >= 4 is 29.9 Å². The fourth-order valence-electron chi connectivity index (χ4n) is 2.65. The van der Waals surface area contributed by atoms with Gasteiger partial charge in [-0.05, 0) is 38.9 Å². The van der Waals surface area contributed by atoms with Crippen LogP contribution in [0.4, 0.5) is 0 Å². The third kappa shape index (κ3) is 5.47. The van der Waals surface area contributed by atoms with Gasteiger partial charge in [0.25, 0.3) is 0 Å². The number of hydrogen-bond acceptors (Lipinski definition) is 2. The third-order valence-corrected chi connectivity index (χ3v) is 3.91. The van der Waals surface area contributed by atoms with Crippen molar-refractivity contribution in [2.75, 3.05) is 33.7 Å². The molecule has 1 unspecified atom stereocenters. The van der Waals surface area contributed by atoms with Gasteiger partial charge in [-0.2, -0.15) is 0 Å². The van der Waals surface area contributed by atoms with E-state index in [2.05, 4.69) is 53.2 Å². The minimum absolute atomic E-state index is 0. The maximum Gasteiger partial charge on any atom is 0.191 e. The van der Waals surface area contributed by atoms with Crippen LogP contribution in [0.2, 0.25) is 0 Å². The van der Waals surface area contributed by atoms with Gasteiger partial charge in [-0.1, -0.05) is 30.3 Å². The van der Waals surface area contributed by atoms with E-state index in [1.54, 1.807) is 0 Å². The van der Waals surface area contributed by atoms with E-state index in [0.29, 0.717) is 12.5 Å². The van der Waals surface area contributed by atoms with Crippen molar-refractivity contribution in [3.63, 3.8) is 0 Å². The average Bonchev–Trinajstić information content (AvgIpc) is 2.49. The third-order valence-electron chi connectivity index (χ3n) is 3.91. The zero-order chi connectivity index (χ0) is 14.4. The van der Waals surface area contributed by atoms with Gasteiger partial charge in [0, 0.05) is 13.1 Å². The molecule has 4 nitrogen and oxygen atoms in total. The lowest BCUT2D eigenvalue weighted by molar-refractivity contribution is 0.302. The van der Waals surface area contributed by atoms with E-state index in [9.17, 15) is 0 Å². The molecule has 2 N–H and O–H groups in total. The highest BCUT2D eigenvalue weighted by atomic mass is 127. The Kier molecular flexibility index (Phi) is 8.03. The van der Waals surface area contributed by atoms with Crippen LogP contribution in [0.1, 0.15) is 30.9 Å². The van der Waals surface area contributed by atoms with E-state index < -0.39 is 0 Å². The second-order valence-electron chi connectivity index (χ2n) is 5.64. The summed E-state index contributed by atoms with van der Waals surface area (Å²) in [5.74, 6) is 0.701. The number of nitrogens with zero attached hydrogens (tertiary/aromatic N) is 3. The molecule has 1 saturated heterocycles. The fraction of sp³-hybridized carbons (Fsp3) is 0.562. The molecule has 5 heteroatoms. The summed E-state index contributed by atoms with van der Waals surface area (Å²) in [5, 5.41) is 0. The van der Waals surface area contributed by atoms with Crippen LogP contribution < -0.4 is 5.73 Å². The molecular weight excluding hydrogens is 375 g/mol. The van der Waals surface area contributed by atoms with E-state index in [1.165, 1.54) is 24.8 Å². The summed E-state index contributed by atoms with van der Waals surface area (Å²) in [6.07, 6.45) is 3.77. The molecule has 1 aromatic rings. The summed E-state index contributed by atoms with van der Waals surface area (Å²) in [5.41, 5.74) is 7.42. The second-order valence-corrected chi connectivity index (χ2v) is 5.64. The predicted molar refractivity (Wildman–Crippen MR) is 100 cm³/mol. The fourth-order valence-corrected chi connectivity index (χ4v) is 2.65. The number of rotatable bonds is 4. The normalized spacial score (nSPS) is 17.5. The predicted octanol–water partition coefficient (Wildman–Crippen LogP) is 2.71. The lowest BCUT2D eigenvalue weighted by Gasteiger charge is -2.28. The zero-order valence-corrected chi connectivity index (χ0v) is 15.4. The van der Waals surface area contributed by atoms with E-state index >= 15 is 0 Å². The van der Waals surface area contributed by atoms with Gasteiger partial charge in [-0.3, -0.25) is 4.99 Å². The summed E-state index contributed by atoms with van der Waals surface area (Å²) in [6.45, 7) is 2.81. The summed E-state index contributed by atoms with van der Waals surface area (Å²) < 4.78 is 0. The molecule has 118 valence electrons. The summed E-state index contributed by atoms with van der Waals surface area (Å²) in [6, 6.07) is 10.8. The Hall–Kier alpha value is -0.820. The highest BCUT2D eigenvalue weighted by Crippen LogP contribution is 2.18. The smallest absolute Gasteiger partial charge is 0.191 e. The largest absolute Gasteiger partial charge is 0.370 e. The van der Waals surface area contributed by atoms with E-state index in [1.807, 2.05) is 6.07 Å². The average molecular weight is 402 g/mol. The van der Waals surface area contributed by atoms with Crippen molar-refractivity contribution in [3.05, 3.63) is 35.9 Å². The molecule has 21 heavy (non-hydrogen) atoms. The highest BCUT2D eigenvalue weighted by molar-refractivity contribution is 14.0. The molecule has 1 atom stereocenters. The lowest BCUT2D eigenvalue weighted by Crippen LogP contribution is -2.41. The van der Waals surface area contributed by atoms with Gasteiger partial charge in [0.15, 0.2) is 5.96 Å². The van der Waals surface area contributed by atoms with Crippen molar-refractivity contribution < 1.29 is 0 Å². The van der Waals surface area contributed by atoms with Crippen LogP contribution in [-0.2, 0) is 0 Å². The molecule has 1 fully saturated rings. The Balaban J connectivity index is 0.00000220. The molecule has 1 heterocycles. The van der Waals surface area contributed by atoms with Gasteiger partial charge in [0.1, 0.15) is 0 Å². The standard InChI is InChI=1S/C16H26N4.HI/c1-19(2)15(14-9-5-3-6-10-14)13-18-16(17)20-11-7-4-8-12-20;/h3,5-6,9-10,15H,4,7-8,11-13H2,1-2H3,(H2,17,18);1H. The summed E-state index contributed by atoms with van der Waals surface area (Å²) in [4.78, 5) is 9.03. The van der Waals surface area contributed by atoms with E-state index in [-0.39, 0.29) is 30.0 Å². The molecule has 1 aliphatic heterocycles. The summed E-state index contributed by atoms with van der Waals surface area (Å²) in [7, 11) is 4.18. The van der Waals surface area contributed by atoms with Crippen LogP contribution >= 0.6 is 24.0 Å². The van der Waals surface area contributed by atoms with Gasteiger partial charge in [-0.15, -0.1) is 24.0 Å². The molecule has 0 spiro atoms. The Bertz CT molecular complexity index is 427. The molecule has 1 aliphatic rings. The van der Waals surface area contributed by atoms with Crippen LogP contribution in [0.3, 0.4) is 0 Å². The number of benzene rings is 1. The molecule has 0 aromatic heterocycles. The number of halogens is 1. The number of likely N-dealkylation sites (N-methyl/N-ethyl adjacent to an activating group) is 1. The molecule has 0 aliphatic carbocycles. The Labute approximate surface area is 145 Å². The van der Waals surface area contributed by atoms with Crippen LogP contribution in [0.5, 0.6) is 0 Å². The topological polar surface area (TPSA) is 44.9 Å². The van der Waals surface area contributed by atoms with Crippen molar-refractivity contribution in [2.45, 2.75) is 25.3 Å². The molecule has 2 rings (SSSR count). The number of aliphatic imine (C=N–C) groups is 1. The zero-order valence-electron chi connectivity index (χ0n) is 13.0. The van der Waals surface area contributed by atoms with Crippen molar-refractivity contribution in [1.82, 2.24) is 9.80 Å². The van der Waals surface area contributed by atoms with Gasteiger partial charge in [-0.25, -0.2) is 0 Å². The van der Waals surface area contributed by atoms with Crippen LogP contribution in [0.15, 0.2) is 35.3 Å². The Morgan fingerprint density at radius 3 is 2.38 bits per heavy atom.